The van der Waals surface area contributed by atoms with E-state index in [0.717, 1.165) is 0 Å². The van der Waals surface area contributed by atoms with Crippen LogP contribution in [0.4, 0.5) is 0 Å². The first-order valence-corrected chi connectivity index (χ1v) is 6.76. The Labute approximate surface area is 105 Å². The molecule has 1 saturated heterocycles. The molecule has 1 fully saturated rings. The van der Waals surface area contributed by atoms with E-state index >= 15 is 0 Å². The lowest BCUT2D eigenvalue weighted by molar-refractivity contribution is 0.314. The Balaban J connectivity index is 1.91. The van der Waals surface area contributed by atoms with Gasteiger partial charge in [0.15, 0.2) is 0 Å². The highest BCUT2D eigenvalue weighted by Crippen LogP contribution is 2.19. The van der Waals surface area contributed by atoms with Gasteiger partial charge in [-0.05, 0) is 58.4 Å². The topological polar surface area (TPSA) is 15.3 Å². The first-order valence-electron chi connectivity index (χ1n) is 6.76. The Morgan fingerprint density at radius 1 is 1.29 bits per heavy atom. The van der Waals surface area contributed by atoms with E-state index in [9.17, 15) is 0 Å². The van der Waals surface area contributed by atoms with Gasteiger partial charge >= 0.3 is 0 Å². The van der Waals surface area contributed by atoms with E-state index in [1.165, 1.54) is 50.0 Å². The lowest BCUT2D eigenvalue weighted by Gasteiger charge is -2.21. The van der Waals surface area contributed by atoms with Crippen molar-refractivity contribution < 1.29 is 0 Å². The van der Waals surface area contributed by atoms with Gasteiger partial charge in [0.25, 0.3) is 0 Å². The predicted octanol–water partition coefficient (Wildman–Crippen LogP) is 2.74. The molecule has 1 aromatic rings. The molecule has 17 heavy (non-hydrogen) atoms. The summed E-state index contributed by atoms with van der Waals surface area (Å²) < 4.78 is 0. The highest BCUT2D eigenvalue weighted by atomic mass is 15.1. The van der Waals surface area contributed by atoms with E-state index in [0.29, 0.717) is 6.04 Å². The second kappa shape index (κ2) is 6.18. The van der Waals surface area contributed by atoms with E-state index in [4.69, 9.17) is 0 Å². The normalized spacial score (nSPS) is 18.5. The SMILES string of the molecule is CNC(CCN1CCCC1)c1cccc(C)c1. The molecule has 0 bridgehead atoms. The van der Waals surface area contributed by atoms with Gasteiger partial charge in [-0.1, -0.05) is 29.8 Å². The molecule has 0 amide bonds. The minimum Gasteiger partial charge on any atom is -0.313 e. The summed E-state index contributed by atoms with van der Waals surface area (Å²) in [5.41, 5.74) is 2.77. The van der Waals surface area contributed by atoms with Crippen LogP contribution in [-0.4, -0.2) is 31.6 Å². The highest BCUT2D eigenvalue weighted by molar-refractivity contribution is 5.25. The lowest BCUT2D eigenvalue weighted by atomic mass is 10.0. The third-order valence-corrected chi connectivity index (χ3v) is 3.73. The van der Waals surface area contributed by atoms with Gasteiger partial charge in [-0.2, -0.15) is 0 Å². The fraction of sp³-hybridized carbons (Fsp3) is 0.600. The molecule has 2 nitrogen and oxygen atoms in total. The minimum absolute atomic E-state index is 0.496. The second-order valence-corrected chi connectivity index (χ2v) is 5.09. The van der Waals surface area contributed by atoms with E-state index in [1.807, 2.05) is 0 Å². The predicted molar refractivity (Wildman–Crippen MR) is 73.3 cm³/mol. The van der Waals surface area contributed by atoms with Crippen LogP contribution in [-0.2, 0) is 0 Å². The molecule has 1 N–H and O–H groups in total. The quantitative estimate of drug-likeness (QED) is 0.840. The van der Waals surface area contributed by atoms with Crippen LogP contribution in [0.15, 0.2) is 24.3 Å². The van der Waals surface area contributed by atoms with Crippen LogP contribution in [0, 0.1) is 6.92 Å². The molecule has 0 aliphatic carbocycles. The molecule has 1 heterocycles. The molecule has 0 spiro atoms. The van der Waals surface area contributed by atoms with E-state index < -0.39 is 0 Å². The Bertz CT molecular complexity index is 343. The van der Waals surface area contributed by atoms with Crippen molar-refractivity contribution in [3.05, 3.63) is 35.4 Å². The lowest BCUT2D eigenvalue weighted by Crippen LogP contribution is -2.26. The monoisotopic (exact) mass is 232 g/mol. The molecule has 0 aromatic heterocycles. The maximum Gasteiger partial charge on any atom is 0.0329 e. The van der Waals surface area contributed by atoms with Gasteiger partial charge in [0.1, 0.15) is 0 Å². The smallest absolute Gasteiger partial charge is 0.0329 e. The van der Waals surface area contributed by atoms with Gasteiger partial charge in [0, 0.05) is 6.04 Å². The Kier molecular flexibility index (Phi) is 4.57. The Morgan fingerprint density at radius 2 is 2.06 bits per heavy atom. The maximum atomic E-state index is 3.44. The summed E-state index contributed by atoms with van der Waals surface area (Å²) in [7, 11) is 2.07. The third-order valence-electron chi connectivity index (χ3n) is 3.73. The van der Waals surface area contributed by atoms with Gasteiger partial charge in [0.05, 0.1) is 0 Å². The van der Waals surface area contributed by atoms with Crippen molar-refractivity contribution >= 4 is 0 Å². The van der Waals surface area contributed by atoms with Gasteiger partial charge in [-0.25, -0.2) is 0 Å². The van der Waals surface area contributed by atoms with Crippen molar-refractivity contribution in [1.82, 2.24) is 10.2 Å². The second-order valence-electron chi connectivity index (χ2n) is 5.09. The number of hydrogen-bond donors (Lipinski definition) is 1. The van der Waals surface area contributed by atoms with E-state index in [2.05, 4.69) is 48.5 Å². The zero-order chi connectivity index (χ0) is 12.1. The summed E-state index contributed by atoms with van der Waals surface area (Å²) in [6, 6.07) is 9.35. The molecule has 94 valence electrons. The summed E-state index contributed by atoms with van der Waals surface area (Å²) >= 11 is 0. The first kappa shape index (κ1) is 12.6. The highest BCUT2D eigenvalue weighted by Gasteiger charge is 2.14. The molecule has 2 rings (SSSR count). The van der Waals surface area contributed by atoms with E-state index in [-0.39, 0.29) is 0 Å². The zero-order valence-electron chi connectivity index (χ0n) is 11.1. The van der Waals surface area contributed by atoms with Crippen LogP contribution < -0.4 is 5.32 Å². The molecule has 0 radical (unpaired) electrons. The third kappa shape index (κ3) is 3.55. The van der Waals surface area contributed by atoms with Crippen LogP contribution in [0.5, 0.6) is 0 Å². The van der Waals surface area contributed by atoms with Crippen molar-refractivity contribution in [2.45, 2.75) is 32.2 Å². The molecule has 1 aromatic carbocycles. The molecule has 1 aliphatic rings. The van der Waals surface area contributed by atoms with Crippen molar-refractivity contribution in [2.75, 3.05) is 26.7 Å². The first-order chi connectivity index (χ1) is 8.29. The fourth-order valence-electron chi connectivity index (χ4n) is 2.68. The Morgan fingerprint density at radius 3 is 2.71 bits per heavy atom. The number of aryl methyl sites for hydroxylation is 1. The molecule has 1 unspecified atom stereocenters. The minimum atomic E-state index is 0.496. The van der Waals surface area contributed by atoms with Crippen LogP contribution in [0.1, 0.15) is 36.4 Å². The average Bonchev–Trinajstić information content (AvgIpc) is 2.83. The molecular weight excluding hydrogens is 208 g/mol. The van der Waals surface area contributed by atoms with Crippen LogP contribution in [0.2, 0.25) is 0 Å². The number of likely N-dealkylation sites (tertiary alicyclic amines) is 1. The van der Waals surface area contributed by atoms with Crippen LogP contribution in [0.3, 0.4) is 0 Å². The molecule has 1 atom stereocenters. The van der Waals surface area contributed by atoms with Gasteiger partial charge in [-0.15, -0.1) is 0 Å². The van der Waals surface area contributed by atoms with Gasteiger partial charge < -0.3 is 10.2 Å². The number of hydrogen-bond acceptors (Lipinski definition) is 2. The Hall–Kier alpha value is -0.860. The van der Waals surface area contributed by atoms with Gasteiger partial charge in [-0.3, -0.25) is 0 Å². The number of rotatable bonds is 5. The van der Waals surface area contributed by atoms with Crippen molar-refractivity contribution in [1.29, 1.82) is 0 Å². The standard InChI is InChI=1S/C15H24N2/c1-13-6-5-7-14(12-13)15(16-2)8-11-17-9-3-4-10-17/h5-7,12,15-16H,3-4,8-11H2,1-2H3. The van der Waals surface area contributed by atoms with E-state index in [1.54, 1.807) is 0 Å². The molecule has 1 aliphatic heterocycles. The van der Waals surface area contributed by atoms with Crippen LogP contribution >= 0.6 is 0 Å². The fourth-order valence-corrected chi connectivity index (χ4v) is 2.68. The average molecular weight is 232 g/mol. The summed E-state index contributed by atoms with van der Waals surface area (Å²) in [6.07, 6.45) is 3.98. The van der Waals surface area contributed by atoms with Crippen molar-refractivity contribution in [3.8, 4) is 0 Å². The molecule has 0 saturated carbocycles. The molecular formula is C15H24N2. The summed E-state index contributed by atoms with van der Waals surface area (Å²) in [5.74, 6) is 0. The summed E-state index contributed by atoms with van der Waals surface area (Å²) in [4.78, 5) is 2.58. The maximum absolute atomic E-state index is 3.44. The summed E-state index contributed by atoms with van der Waals surface area (Å²) in [6.45, 7) is 5.98. The largest absolute Gasteiger partial charge is 0.313 e. The molecule has 2 heteroatoms. The summed E-state index contributed by atoms with van der Waals surface area (Å²) in [5, 5.41) is 3.44. The van der Waals surface area contributed by atoms with Crippen molar-refractivity contribution in [3.63, 3.8) is 0 Å². The van der Waals surface area contributed by atoms with Crippen molar-refractivity contribution in [2.24, 2.45) is 0 Å². The van der Waals surface area contributed by atoms with Gasteiger partial charge in [0.2, 0.25) is 0 Å². The number of benzene rings is 1. The number of nitrogens with one attached hydrogen (secondary N) is 1. The zero-order valence-corrected chi connectivity index (χ0v) is 11.1. The number of nitrogens with zero attached hydrogens (tertiary/aromatic N) is 1. The van der Waals surface area contributed by atoms with Crippen LogP contribution in [0.25, 0.3) is 0 Å².